The van der Waals surface area contributed by atoms with Gasteiger partial charge in [0.25, 0.3) is 0 Å². The van der Waals surface area contributed by atoms with Crippen LogP contribution in [0.2, 0.25) is 0 Å². The van der Waals surface area contributed by atoms with Crippen molar-refractivity contribution >= 4 is 5.69 Å². The van der Waals surface area contributed by atoms with Crippen LogP contribution in [-0.2, 0) is 0 Å². The van der Waals surface area contributed by atoms with Crippen LogP contribution in [0.25, 0.3) is 0 Å². The molecule has 2 rings (SSSR count). The number of hydrogen-bond donors (Lipinski definition) is 2. The lowest BCUT2D eigenvalue weighted by molar-refractivity contribution is 0.415. The summed E-state index contributed by atoms with van der Waals surface area (Å²) in [7, 11) is 1.68. The van der Waals surface area contributed by atoms with Gasteiger partial charge in [-0.2, -0.15) is 0 Å². The Labute approximate surface area is 90.6 Å². The van der Waals surface area contributed by atoms with Crippen molar-refractivity contribution in [1.29, 1.82) is 0 Å². The molecule has 1 aromatic rings. The van der Waals surface area contributed by atoms with Crippen LogP contribution < -0.4 is 15.8 Å². The molecule has 1 fully saturated rings. The lowest BCUT2D eigenvalue weighted by Crippen LogP contribution is -2.35. The van der Waals surface area contributed by atoms with E-state index in [4.69, 9.17) is 10.5 Å². The summed E-state index contributed by atoms with van der Waals surface area (Å²) in [6.07, 6.45) is 3.54. The number of benzene rings is 1. The number of rotatable bonds is 3. The third-order valence-electron chi connectivity index (χ3n) is 3.01. The zero-order valence-electron chi connectivity index (χ0n) is 9.07. The molecule has 2 atom stereocenters. The van der Waals surface area contributed by atoms with Gasteiger partial charge in [-0.3, -0.25) is 0 Å². The quantitative estimate of drug-likeness (QED) is 0.795. The van der Waals surface area contributed by atoms with Crippen LogP contribution in [0.5, 0.6) is 5.75 Å². The summed E-state index contributed by atoms with van der Waals surface area (Å²) in [5.41, 5.74) is 7.12. The average Bonchev–Trinajstić information content (AvgIpc) is 2.66. The van der Waals surface area contributed by atoms with Gasteiger partial charge in [-0.25, -0.2) is 0 Å². The van der Waals surface area contributed by atoms with Crippen LogP contribution >= 0.6 is 0 Å². The maximum Gasteiger partial charge on any atom is 0.119 e. The van der Waals surface area contributed by atoms with Crippen molar-refractivity contribution in [3.05, 3.63) is 24.3 Å². The van der Waals surface area contributed by atoms with Crippen LogP contribution in [0.15, 0.2) is 24.3 Å². The van der Waals surface area contributed by atoms with Gasteiger partial charge in [0.15, 0.2) is 0 Å². The highest BCUT2D eigenvalue weighted by atomic mass is 16.5. The molecule has 1 saturated carbocycles. The van der Waals surface area contributed by atoms with E-state index in [0.29, 0.717) is 12.1 Å². The fourth-order valence-corrected chi connectivity index (χ4v) is 2.07. The molecule has 0 amide bonds. The summed E-state index contributed by atoms with van der Waals surface area (Å²) in [4.78, 5) is 0. The first kappa shape index (κ1) is 10.3. The molecule has 0 unspecified atom stereocenters. The van der Waals surface area contributed by atoms with Gasteiger partial charge in [0, 0.05) is 17.8 Å². The first-order valence-electron chi connectivity index (χ1n) is 5.46. The lowest BCUT2D eigenvalue weighted by atomic mass is 10.1. The summed E-state index contributed by atoms with van der Waals surface area (Å²) in [6, 6.07) is 8.71. The minimum absolute atomic E-state index is 0.298. The largest absolute Gasteiger partial charge is 0.497 e. The van der Waals surface area contributed by atoms with Crippen LogP contribution in [0.3, 0.4) is 0 Å². The Hall–Kier alpha value is -1.22. The third kappa shape index (κ3) is 2.42. The van der Waals surface area contributed by atoms with E-state index >= 15 is 0 Å². The zero-order valence-corrected chi connectivity index (χ0v) is 9.07. The second kappa shape index (κ2) is 4.53. The molecule has 0 aliphatic heterocycles. The highest BCUT2D eigenvalue weighted by Crippen LogP contribution is 2.22. The fraction of sp³-hybridized carbons (Fsp3) is 0.500. The first-order valence-corrected chi connectivity index (χ1v) is 5.46. The number of nitrogens with one attached hydrogen (secondary N) is 1. The number of nitrogens with two attached hydrogens (primary N) is 1. The van der Waals surface area contributed by atoms with E-state index in [9.17, 15) is 0 Å². The molecule has 0 heterocycles. The Morgan fingerprint density at radius 3 is 2.53 bits per heavy atom. The van der Waals surface area contributed by atoms with E-state index < -0.39 is 0 Å². The number of hydrogen-bond acceptors (Lipinski definition) is 3. The van der Waals surface area contributed by atoms with Gasteiger partial charge in [0.05, 0.1) is 7.11 Å². The van der Waals surface area contributed by atoms with Gasteiger partial charge in [0.1, 0.15) is 5.75 Å². The molecule has 1 aliphatic carbocycles. The molecule has 0 spiro atoms. The average molecular weight is 206 g/mol. The Morgan fingerprint density at radius 2 is 2.00 bits per heavy atom. The summed E-state index contributed by atoms with van der Waals surface area (Å²) < 4.78 is 5.11. The predicted molar refractivity (Wildman–Crippen MR) is 62.2 cm³/mol. The number of methoxy groups -OCH3 is 1. The van der Waals surface area contributed by atoms with E-state index in [1.54, 1.807) is 7.11 Å². The standard InChI is InChI=1S/C12H18N2O/c1-15-10-7-5-9(6-8-10)14-12-4-2-3-11(12)13/h5-8,11-12,14H,2-4,13H2,1H3/t11-,12-/m0/s1. The van der Waals surface area contributed by atoms with Crippen molar-refractivity contribution in [2.75, 3.05) is 12.4 Å². The highest BCUT2D eigenvalue weighted by Gasteiger charge is 2.23. The molecule has 0 aromatic heterocycles. The third-order valence-corrected chi connectivity index (χ3v) is 3.01. The Balaban J connectivity index is 1.98. The second-order valence-corrected chi connectivity index (χ2v) is 4.07. The first-order chi connectivity index (χ1) is 7.29. The molecule has 0 saturated heterocycles. The molecule has 0 bridgehead atoms. The zero-order chi connectivity index (χ0) is 10.7. The molecule has 1 aromatic carbocycles. The minimum Gasteiger partial charge on any atom is -0.497 e. The monoisotopic (exact) mass is 206 g/mol. The number of anilines is 1. The normalized spacial score (nSPS) is 25.2. The molecular weight excluding hydrogens is 188 g/mol. The van der Waals surface area contributed by atoms with Crippen LogP contribution in [-0.4, -0.2) is 19.2 Å². The van der Waals surface area contributed by atoms with E-state index in [1.165, 1.54) is 12.8 Å². The lowest BCUT2D eigenvalue weighted by Gasteiger charge is -2.18. The molecular formula is C12H18N2O. The summed E-state index contributed by atoms with van der Waals surface area (Å²) in [6.45, 7) is 0. The van der Waals surface area contributed by atoms with Gasteiger partial charge in [0.2, 0.25) is 0 Å². The Morgan fingerprint density at radius 1 is 1.27 bits per heavy atom. The molecule has 15 heavy (non-hydrogen) atoms. The van der Waals surface area contributed by atoms with Crippen molar-refractivity contribution in [3.63, 3.8) is 0 Å². The van der Waals surface area contributed by atoms with E-state index in [2.05, 4.69) is 5.32 Å². The predicted octanol–water partition coefficient (Wildman–Crippen LogP) is 1.99. The van der Waals surface area contributed by atoms with Crippen molar-refractivity contribution in [2.24, 2.45) is 5.73 Å². The van der Waals surface area contributed by atoms with Gasteiger partial charge in [-0.05, 0) is 43.5 Å². The molecule has 3 nitrogen and oxygen atoms in total. The Bertz CT molecular complexity index is 310. The topological polar surface area (TPSA) is 47.3 Å². The van der Waals surface area contributed by atoms with Crippen LogP contribution in [0.1, 0.15) is 19.3 Å². The smallest absolute Gasteiger partial charge is 0.119 e. The van der Waals surface area contributed by atoms with Gasteiger partial charge in [-0.15, -0.1) is 0 Å². The van der Waals surface area contributed by atoms with Gasteiger partial charge in [-0.1, -0.05) is 0 Å². The van der Waals surface area contributed by atoms with Crippen molar-refractivity contribution in [2.45, 2.75) is 31.3 Å². The van der Waals surface area contributed by atoms with E-state index in [0.717, 1.165) is 17.9 Å². The molecule has 0 radical (unpaired) electrons. The van der Waals surface area contributed by atoms with Crippen molar-refractivity contribution in [3.8, 4) is 5.75 Å². The second-order valence-electron chi connectivity index (χ2n) is 4.07. The molecule has 3 heteroatoms. The van der Waals surface area contributed by atoms with E-state index in [-0.39, 0.29) is 0 Å². The highest BCUT2D eigenvalue weighted by molar-refractivity contribution is 5.47. The van der Waals surface area contributed by atoms with Gasteiger partial charge >= 0.3 is 0 Å². The van der Waals surface area contributed by atoms with Crippen molar-refractivity contribution in [1.82, 2.24) is 0 Å². The Kier molecular flexibility index (Phi) is 3.11. The van der Waals surface area contributed by atoms with E-state index in [1.807, 2.05) is 24.3 Å². The maximum atomic E-state index is 6.00. The SMILES string of the molecule is COc1ccc(N[C@H]2CCC[C@@H]2N)cc1. The summed E-state index contributed by atoms with van der Waals surface area (Å²) >= 11 is 0. The van der Waals surface area contributed by atoms with Crippen LogP contribution in [0.4, 0.5) is 5.69 Å². The molecule has 1 aliphatic rings. The molecule has 3 N–H and O–H groups in total. The minimum atomic E-state index is 0.298. The maximum absolute atomic E-state index is 6.00. The fourth-order valence-electron chi connectivity index (χ4n) is 2.07. The van der Waals surface area contributed by atoms with Gasteiger partial charge < -0.3 is 15.8 Å². The molecule has 82 valence electrons. The van der Waals surface area contributed by atoms with Crippen molar-refractivity contribution < 1.29 is 4.74 Å². The van der Waals surface area contributed by atoms with Crippen LogP contribution in [0, 0.1) is 0 Å². The summed E-state index contributed by atoms with van der Waals surface area (Å²) in [5.74, 6) is 0.885. The summed E-state index contributed by atoms with van der Waals surface area (Å²) in [5, 5.41) is 3.46. The number of ether oxygens (including phenoxy) is 1.